The Morgan fingerprint density at radius 2 is 1.55 bits per heavy atom. The summed E-state index contributed by atoms with van der Waals surface area (Å²) >= 11 is 0. The molecule has 0 aliphatic carbocycles. The van der Waals surface area contributed by atoms with Crippen LogP contribution in [0.2, 0.25) is 0 Å². The molecule has 1 N–H and O–H groups in total. The Bertz CT molecular complexity index is 1060. The van der Waals surface area contributed by atoms with E-state index in [9.17, 15) is 13.2 Å². The van der Waals surface area contributed by atoms with E-state index in [0.29, 0.717) is 37.4 Å². The summed E-state index contributed by atoms with van der Waals surface area (Å²) in [5.74, 6) is 1.32. The predicted octanol–water partition coefficient (Wildman–Crippen LogP) is 1.42. The number of piperazine rings is 1. The van der Waals surface area contributed by atoms with Crippen LogP contribution in [0.25, 0.3) is 0 Å². The van der Waals surface area contributed by atoms with Crippen LogP contribution in [0.15, 0.2) is 36.7 Å². The molecule has 0 radical (unpaired) electrons. The number of carbonyl (C=O) groups is 1. The highest BCUT2D eigenvalue weighted by atomic mass is 32.2. The first-order chi connectivity index (χ1) is 15.7. The average molecular weight is 475 g/mol. The lowest BCUT2D eigenvalue weighted by Gasteiger charge is -2.36. The molecule has 2 atom stereocenters. The van der Waals surface area contributed by atoms with Gasteiger partial charge in [-0.3, -0.25) is 4.79 Å². The third-order valence-corrected chi connectivity index (χ3v) is 7.09. The molecule has 4 heterocycles. The van der Waals surface area contributed by atoms with E-state index >= 15 is 0 Å². The zero-order chi connectivity index (χ0) is 23.6. The van der Waals surface area contributed by atoms with Crippen LogP contribution in [0.3, 0.4) is 0 Å². The molecule has 4 rings (SSSR count). The summed E-state index contributed by atoms with van der Waals surface area (Å²) in [6.45, 7) is 7.64. The maximum atomic E-state index is 12.6. The Kier molecular flexibility index (Phi) is 6.82. The molecule has 2 aromatic rings. The Morgan fingerprint density at radius 3 is 2.09 bits per heavy atom. The highest BCUT2D eigenvalue weighted by Gasteiger charge is 2.25. The smallest absolute Gasteiger partial charge is 0.257 e. The van der Waals surface area contributed by atoms with Gasteiger partial charge >= 0.3 is 0 Å². The highest BCUT2D eigenvalue weighted by molar-refractivity contribution is 7.88. The van der Waals surface area contributed by atoms with Crippen LogP contribution in [0.5, 0.6) is 0 Å². The van der Waals surface area contributed by atoms with E-state index in [0.717, 1.165) is 24.7 Å². The molecule has 2 unspecified atom stereocenters. The van der Waals surface area contributed by atoms with Crippen molar-refractivity contribution in [3.63, 3.8) is 0 Å². The van der Waals surface area contributed by atoms with Gasteiger partial charge in [-0.05, 0) is 38.1 Å². The van der Waals surface area contributed by atoms with Crippen LogP contribution in [0.1, 0.15) is 24.2 Å². The van der Waals surface area contributed by atoms with Gasteiger partial charge in [-0.15, -0.1) is 0 Å². The van der Waals surface area contributed by atoms with Crippen molar-refractivity contribution in [1.82, 2.24) is 14.3 Å². The van der Waals surface area contributed by atoms with Gasteiger partial charge in [-0.25, -0.2) is 18.4 Å². The third-order valence-electron chi connectivity index (χ3n) is 5.79. The summed E-state index contributed by atoms with van der Waals surface area (Å²) in [5, 5.41) is 2.85. The van der Waals surface area contributed by atoms with Gasteiger partial charge in [0.05, 0.1) is 35.9 Å². The maximum absolute atomic E-state index is 12.6. The van der Waals surface area contributed by atoms with Crippen molar-refractivity contribution in [2.24, 2.45) is 0 Å². The molecule has 2 fully saturated rings. The number of sulfonamides is 1. The Hall–Kier alpha value is -2.76. The number of nitrogens with zero attached hydrogens (tertiary/aromatic N) is 5. The number of pyridine rings is 2. The molecule has 2 saturated heterocycles. The van der Waals surface area contributed by atoms with Crippen LogP contribution in [-0.2, 0) is 14.8 Å². The molecule has 0 spiro atoms. The maximum Gasteiger partial charge on any atom is 0.257 e. The van der Waals surface area contributed by atoms with E-state index < -0.39 is 10.0 Å². The molecular formula is C22H30N6O4S. The van der Waals surface area contributed by atoms with Gasteiger partial charge in [0.15, 0.2) is 0 Å². The number of amides is 1. The topological polar surface area (TPSA) is 108 Å². The van der Waals surface area contributed by atoms with Crippen LogP contribution in [-0.4, -0.2) is 86.3 Å². The zero-order valence-electron chi connectivity index (χ0n) is 19.1. The fourth-order valence-corrected chi connectivity index (χ4v) is 5.00. The minimum atomic E-state index is -3.17. The quantitative estimate of drug-likeness (QED) is 0.693. The fourth-order valence-electron chi connectivity index (χ4n) is 4.17. The van der Waals surface area contributed by atoms with Gasteiger partial charge in [0.2, 0.25) is 10.0 Å². The molecule has 178 valence electrons. The van der Waals surface area contributed by atoms with E-state index in [2.05, 4.69) is 20.2 Å². The Balaban J connectivity index is 1.33. The lowest BCUT2D eigenvalue weighted by Crippen LogP contribution is -2.48. The van der Waals surface area contributed by atoms with E-state index in [1.54, 1.807) is 24.5 Å². The van der Waals surface area contributed by atoms with E-state index in [1.807, 2.05) is 30.9 Å². The van der Waals surface area contributed by atoms with E-state index in [1.165, 1.54) is 10.6 Å². The van der Waals surface area contributed by atoms with Gasteiger partial charge in [0.1, 0.15) is 11.6 Å². The molecule has 0 bridgehead atoms. The Labute approximate surface area is 194 Å². The zero-order valence-corrected chi connectivity index (χ0v) is 20.0. The van der Waals surface area contributed by atoms with Gasteiger partial charge in [-0.1, -0.05) is 0 Å². The van der Waals surface area contributed by atoms with Crippen molar-refractivity contribution in [2.75, 3.05) is 60.6 Å². The van der Waals surface area contributed by atoms with Crippen molar-refractivity contribution in [1.29, 1.82) is 0 Å². The summed E-state index contributed by atoms with van der Waals surface area (Å²) < 4.78 is 30.5. The number of rotatable bonds is 5. The number of carbonyl (C=O) groups excluding carboxylic acids is 1. The molecule has 2 aliphatic rings. The third kappa shape index (κ3) is 5.79. The fraction of sp³-hybridized carbons (Fsp3) is 0.500. The first kappa shape index (κ1) is 23.4. The molecule has 2 aliphatic heterocycles. The van der Waals surface area contributed by atoms with Crippen molar-refractivity contribution in [3.05, 3.63) is 42.2 Å². The molecule has 0 saturated carbocycles. The van der Waals surface area contributed by atoms with Crippen LogP contribution < -0.4 is 15.1 Å². The van der Waals surface area contributed by atoms with Crippen LogP contribution in [0.4, 0.5) is 17.3 Å². The lowest BCUT2D eigenvalue weighted by molar-refractivity contribution is -0.00546. The summed E-state index contributed by atoms with van der Waals surface area (Å²) in [6, 6.07) is 7.25. The number of hydrogen-bond donors (Lipinski definition) is 1. The van der Waals surface area contributed by atoms with Crippen molar-refractivity contribution < 1.29 is 17.9 Å². The highest BCUT2D eigenvalue weighted by Crippen LogP contribution is 2.20. The van der Waals surface area contributed by atoms with Gasteiger partial charge in [0.25, 0.3) is 5.91 Å². The number of ether oxygens (including phenoxy) is 1. The second kappa shape index (κ2) is 9.62. The number of nitrogens with one attached hydrogen (secondary N) is 1. The first-order valence-electron chi connectivity index (χ1n) is 11.0. The molecule has 11 heteroatoms. The second-order valence-electron chi connectivity index (χ2n) is 8.58. The molecule has 10 nitrogen and oxygen atoms in total. The predicted molar refractivity (Wildman–Crippen MR) is 127 cm³/mol. The molecule has 1 amide bonds. The first-order valence-corrected chi connectivity index (χ1v) is 12.9. The monoisotopic (exact) mass is 474 g/mol. The molecular weight excluding hydrogens is 444 g/mol. The largest absolute Gasteiger partial charge is 0.372 e. The number of anilines is 3. The standard InChI is InChI=1S/C22H30N6O4S/c1-16-14-27(15-17(2)32-16)21-6-4-18(12-23-21)22(29)25-19-5-7-20(24-13-19)26-8-10-28(11-9-26)33(3,30)31/h4-7,12-13,16-17H,8-11,14-15H2,1-3H3,(H,25,29). The normalized spacial score (nSPS) is 22.3. The van der Waals surface area contributed by atoms with Crippen molar-refractivity contribution in [2.45, 2.75) is 26.1 Å². The molecule has 0 aromatic carbocycles. The van der Waals surface area contributed by atoms with Crippen molar-refractivity contribution in [3.8, 4) is 0 Å². The molecule has 33 heavy (non-hydrogen) atoms. The van der Waals surface area contributed by atoms with Crippen molar-refractivity contribution >= 4 is 33.3 Å². The minimum absolute atomic E-state index is 0.137. The van der Waals surface area contributed by atoms with E-state index in [-0.39, 0.29) is 18.1 Å². The van der Waals surface area contributed by atoms with Crippen LogP contribution in [0, 0.1) is 0 Å². The second-order valence-corrected chi connectivity index (χ2v) is 10.6. The van der Waals surface area contributed by atoms with Gasteiger partial charge < -0.3 is 19.9 Å². The summed E-state index contributed by atoms with van der Waals surface area (Å²) in [7, 11) is -3.17. The summed E-state index contributed by atoms with van der Waals surface area (Å²) in [5.41, 5.74) is 1.05. The van der Waals surface area contributed by atoms with Gasteiger partial charge in [-0.2, -0.15) is 4.31 Å². The Morgan fingerprint density at radius 1 is 0.939 bits per heavy atom. The number of morpholine rings is 1. The SMILES string of the molecule is CC1CN(c2ccc(C(=O)Nc3ccc(N4CCN(S(C)(=O)=O)CC4)nc3)cn2)CC(C)O1. The number of hydrogen-bond acceptors (Lipinski definition) is 8. The number of aromatic nitrogens is 2. The van der Waals surface area contributed by atoms with Gasteiger partial charge in [0, 0.05) is 45.5 Å². The lowest BCUT2D eigenvalue weighted by atomic mass is 10.2. The minimum Gasteiger partial charge on any atom is -0.372 e. The summed E-state index contributed by atoms with van der Waals surface area (Å²) in [6.07, 6.45) is 4.69. The van der Waals surface area contributed by atoms with Crippen LogP contribution >= 0.6 is 0 Å². The van der Waals surface area contributed by atoms with E-state index in [4.69, 9.17) is 4.74 Å². The average Bonchev–Trinajstić information content (AvgIpc) is 2.78. The molecule has 2 aromatic heterocycles. The summed E-state index contributed by atoms with van der Waals surface area (Å²) in [4.78, 5) is 25.7.